The van der Waals surface area contributed by atoms with Gasteiger partial charge in [0.1, 0.15) is 6.79 Å². The van der Waals surface area contributed by atoms with Crippen molar-refractivity contribution in [1.82, 2.24) is 0 Å². The Hall–Kier alpha value is -0.610. The molecule has 0 saturated carbocycles. The van der Waals surface area contributed by atoms with Gasteiger partial charge >= 0.3 is 5.97 Å². The lowest BCUT2D eigenvalue weighted by Crippen LogP contribution is -2.37. The maximum atomic E-state index is 10.6. The highest BCUT2D eigenvalue weighted by Crippen LogP contribution is 2.19. The first-order chi connectivity index (χ1) is 5.61. The lowest BCUT2D eigenvalue weighted by Gasteiger charge is -2.29. The summed E-state index contributed by atoms with van der Waals surface area (Å²) in [6.45, 7) is 3.79. The Morgan fingerprint density at radius 3 is 2.75 bits per heavy atom. The fraction of sp³-hybridized carbons (Fsp3) is 0.875. The Morgan fingerprint density at radius 1 is 1.58 bits per heavy atom. The van der Waals surface area contributed by atoms with Gasteiger partial charge < -0.3 is 14.6 Å². The fourth-order valence-corrected chi connectivity index (χ4v) is 1.21. The zero-order chi connectivity index (χ0) is 9.14. The number of aliphatic carboxylic acids is 1. The van der Waals surface area contributed by atoms with Gasteiger partial charge in [-0.1, -0.05) is 0 Å². The van der Waals surface area contributed by atoms with Crippen LogP contribution in [-0.2, 0) is 14.3 Å². The summed E-state index contributed by atoms with van der Waals surface area (Å²) in [5.74, 6) is -1.26. The summed E-state index contributed by atoms with van der Waals surface area (Å²) in [5, 5.41) is 8.70. The third-order valence-corrected chi connectivity index (χ3v) is 2.15. The van der Waals surface area contributed by atoms with E-state index in [0.29, 0.717) is 6.42 Å². The van der Waals surface area contributed by atoms with E-state index < -0.39 is 11.9 Å². The standard InChI is InChI=1S/C8H14O4/c1-5-3-7(12-4-11-5)6(2)8(9)10/h5-7H,3-4H2,1-2H3,(H,9,10). The number of carboxylic acid groups (broad SMARTS) is 1. The minimum atomic E-state index is -0.811. The first-order valence-electron chi connectivity index (χ1n) is 4.07. The van der Waals surface area contributed by atoms with Crippen molar-refractivity contribution in [2.45, 2.75) is 32.5 Å². The Kier molecular flexibility index (Phi) is 3.05. The Bertz CT molecular complexity index is 168. The number of hydrogen-bond acceptors (Lipinski definition) is 3. The summed E-state index contributed by atoms with van der Waals surface area (Å²) < 4.78 is 10.3. The van der Waals surface area contributed by atoms with Crippen LogP contribution in [0.1, 0.15) is 20.3 Å². The van der Waals surface area contributed by atoms with Crippen molar-refractivity contribution in [1.29, 1.82) is 0 Å². The predicted molar refractivity (Wildman–Crippen MR) is 41.7 cm³/mol. The van der Waals surface area contributed by atoms with Gasteiger partial charge in [0.2, 0.25) is 0 Å². The van der Waals surface area contributed by atoms with Gasteiger partial charge in [0.05, 0.1) is 18.1 Å². The summed E-state index contributed by atoms with van der Waals surface area (Å²) in [6, 6.07) is 0. The SMILES string of the molecule is CC1CC(C(C)C(=O)O)OCO1. The normalized spacial score (nSPS) is 32.8. The van der Waals surface area contributed by atoms with E-state index in [0.717, 1.165) is 0 Å². The van der Waals surface area contributed by atoms with Gasteiger partial charge in [0.15, 0.2) is 0 Å². The van der Waals surface area contributed by atoms with Crippen LogP contribution in [0.3, 0.4) is 0 Å². The highest BCUT2D eigenvalue weighted by atomic mass is 16.7. The first-order valence-corrected chi connectivity index (χ1v) is 4.07. The molecule has 1 N–H and O–H groups in total. The molecule has 0 bridgehead atoms. The molecule has 1 heterocycles. The van der Waals surface area contributed by atoms with Crippen molar-refractivity contribution in [3.63, 3.8) is 0 Å². The third-order valence-electron chi connectivity index (χ3n) is 2.15. The molecule has 0 radical (unpaired) electrons. The number of carboxylic acids is 1. The number of rotatable bonds is 2. The fourth-order valence-electron chi connectivity index (χ4n) is 1.21. The topological polar surface area (TPSA) is 55.8 Å². The average Bonchev–Trinajstić information content (AvgIpc) is 2.03. The molecule has 1 saturated heterocycles. The lowest BCUT2D eigenvalue weighted by molar-refractivity contribution is -0.189. The highest BCUT2D eigenvalue weighted by molar-refractivity contribution is 5.70. The predicted octanol–water partition coefficient (Wildman–Crippen LogP) is 0.859. The van der Waals surface area contributed by atoms with E-state index in [1.165, 1.54) is 0 Å². The molecule has 0 spiro atoms. The van der Waals surface area contributed by atoms with Gasteiger partial charge in [0.25, 0.3) is 0 Å². The molecule has 3 atom stereocenters. The molecule has 12 heavy (non-hydrogen) atoms. The van der Waals surface area contributed by atoms with Crippen molar-refractivity contribution in [2.75, 3.05) is 6.79 Å². The molecule has 0 aromatic heterocycles. The smallest absolute Gasteiger partial charge is 0.308 e. The maximum absolute atomic E-state index is 10.6. The van der Waals surface area contributed by atoms with Crippen molar-refractivity contribution in [3.05, 3.63) is 0 Å². The molecule has 1 aliphatic rings. The van der Waals surface area contributed by atoms with Gasteiger partial charge in [-0.2, -0.15) is 0 Å². The molecule has 0 aliphatic carbocycles. The average molecular weight is 174 g/mol. The molecular weight excluding hydrogens is 160 g/mol. The van der Waals surface area contributed by atoms with E-state index in [1.807, 2.05) is 6.92 Å². The van der Waals surface area contributed by atoms with E-state index in [-0.39, 0.29) is 19.0 Å². The van der Waals surface area contributed by atoms with Crippen molar-refractivity contribution < 1.29 is 19.4 Å². The van der Waals surface area contributed by atoms with Crippen LogP contribution < -0.4 is 0 Å². The van der Waals surface area contributed by atoms with Crippen LogP contribution in [0, 0.1) is 5.92 Å². The zero-order valence-electron chi connectivity index (χ0n) is 7.32. The van der Waals surface area contributed by atoms with Crippen molar-refractivity contribution in [2.24, 2.45) is 5.92 Å². The quantitative estimate of drug-likeness (QED) is 0.674. The van der Waals surface area contributed by atoms with Crippen molar-refractivity contribution >= 4 is 5.97 Å². The van der Waals surface area contributed by atoms with Crippen LogP contribution >= 0.6 is 0 Å². The van der Waals surface area contributed by atoms with Crippen LogP contribution in [-0.4, -0.2) is 30.1 Å². The van der Waals surface area contributed by atoms with E-state index in [2.05, 4.69) is 0 Å². The Morgan fingerprint density at radius 2 is 2.25 bits per heavy atom. The van der Waals surface area contributed by atoms with E-state index in [1.54, 1.807) is 6.92 Å². The molecule has 0 aromatic rings. The molecule has 0 aromatic carbocycles. The van der Waals surface area contributed by atoms with E-state index in [9.17, 15) is 4.79 Å². The van der Waals surface area contributed by atoms with E-state index in [4.69, 9.17) is 14.6 Å². The summed E-state index contributed by atoms with van der Waals surface area (Å²) in [6.07, 6.45) is 0.560. The van der Waals surface area contributed by atoms with Crippen LogP contribution in [0.4, 0.5) is 0 Å². The molecule has 3 unspecified atom stereocenters. The maximum Gasteiger partial charge on any atom is 0.308 e. The monoisotopic (exact) mass is 174 g/mol. The summed E-state index contributed by atoms with van der Waals surface area (Å²) >= 11 is 0. The molecule has 1 fully saturated rings. The van der Waals surface area contributed by atoms with Crippen molar-refractivity contribution in [3.8, 4) is 0 Å². The molecule has 1 rings (SSSR count). The second-order valence-electron chi connectivity index (χ2n) is 3.16. The van der Waals surface area contributed by atoms with Gasteiger partial charge in [0, 0.05) is 6.42 Å². The van der Waals surface area contributed by atoms with Gasteiger partial charge in [-0.05, 0) is 13.8 Å². The third kappa shape index (κ3) is 2.19. The molecule has 70 valence electrons. The lowest BCUT2D eigenvalue weighted by atomic mass is 9.99. The zero-order valence-corrected chi connectivity index (χ0v) is 7.32. The molecule has 4 heteroatoms. The number of ether oxygens (including phenoxy) is 2. The van der Waals surface area contributed by atoms with Gasteiger partial charge in [-0.3, -0.25) is 4.79 Å². The highest BCUT2D eigenvalue weighted by Gasteiger charge is 2.29. The molecule has 4 nitrogen and oxygen atoms in total. The minimum Gasteiger partial charge on any atom is -0.481 e. The Labute approximate surface area is 71.5 Å². The van der Waals surface area contributed by atoms with Crippen LogP contribution in [0.2, 0.25) is 0 Å². The first kappa shape index (κ1) is 9.48. The van der Waals surface area contributed by atoms with Crippen LogP contribution in [0.5, 0.6) is 0 Å². The van der Waals surface area contributed by atoms with E-state index >= 15 is 0 Å². The molecule has 1 aliphatic heterocycles. The Balaban J connectivity index is 2.45. The number of hydrogen-bond donors (Lipinski definition) is 1. The van der Waals surface area contributed by atoms with Gasteiger partial charge in [-0.25, -0.2) is 0 Å². The largest absolute Gasteiger partial charge is 0.481 e. The van der Waals surface area contributed by atoms with Gasteiger partial charge in [-0.15, -0.1) is 0 Å². The second kappa shape index (κ2) is 3.87. The summed E-state index contributed by atoms with van der Waals surface area (Å²) in [4.78, 5) is 10.6. The number of carbonyl (C=O) groups is 1. The van der Waals surface area contributed by atoms with Crippen LogP contribution in [0.15, 0.2) is 0 Å². The molecular formula is C8H14O4. The van der Waals surface area contributed by atoms with Crippen LogP contribution in [0.25, 0.3) is 0 Å². The summed E-state index contributed by atoms with van der Waals surface area (Å²) in [7, 11) is 0. The summed E-state index contributed by atoms with van der Waals surface area (Å²) in [5.41, 5.74) is 0. The second-order valence-corrected chi connectivity index (χ2v) is 3.16. The molecule has 0 amide bonds. The minimum absolute atomic E-state index is 0.102.